The van der Waals surface area contributed by atoms with E-state index in [4.69, 9.17) is 0 Å². The molecule has 0 aromatic carbocycles. The zero-order valence-corrected chi connectivity index (χ0v) is 11.3. The Bertz CT molecular complexity index is 318. The van der Waals surface area contributed by atoms with Crippen molar-refractivity contribution in [3.05, 3.63) is 72.9 Å². The first-order valence-corrected chi connectivity index (χ1v) is 5.61. The first kappa shape index (κ1) is 16.0. The minimum absolute atomic E-state index is 0. The van der Waals surface area contributed by atoms with Crippen molar-refractivity contribution in [2.45, 2.75) is 25.7 Å². The van der Waals surface area contributed by atoms with Gasteiger partial charge in [0.15, 0.2) is 0 Å². The maximum absolute atomic E-state index is 3.63. The van der Waals surface area contributed by atoms with Crippen LogP contribution in [0.2, 0.25) is 0 Å². The summed E-state index contributed by atoms with van der Waals surface area (Å²) in [5.41, 5.74) is 2.56. The molecule has 0 N–H and O–H groups in total. The van der Waals surface area contributed by atoms with E-state index in [0.717, 1.165) is 25.7 Å². The smallest absolute Gasteiger partial charge is 0.269 e. The Morgan fingerprint density at radius 3 is 1.59 bits per heavy atom. The molecule has 0 unspecified atom stereocenters. The Labute approximate surface area is 116 Å². The molecule has 2 rings (SSSR count). The summed E-state index contributed by atoms with van der Waals surface area (Å²) in [5, 5.41) is 0. The van der Waals surface area contributed by atoms with E-state index in [9.17, 15) is 0 Å². The monoisotopic (exact) mass is 265 g/mol. The van der Waals surface area contributed by atoms with Gasteiger partial charge in [0.2, 0.25) is 0 Å². The van der Waals surface area contributed by atoms with Crippen LogP contribution in [0.3, 0.4) is 0 Å². The normalized spacial score (nSPS) is 15.3. The first-order valence-electron chi connectivity index (χ1n) is 5.61. The minimum Gasteiger partial charge on any atom is -0.269 e. The average Bonchev–Trinajstić information content (AvgIpc) is 2.92. The van der Waals surface area contributed by atoms with Crippen LogP contribution in [0, 0.1) is 12.2 Å². The fraction of sp³-hybridized carbons (Fsp3) is 0.250. The summed E-state index contributed by atoms with van der Waals surface area (Å²) in [7, 11) is 0. The van der Waals surface area contributed by atoms with Crippen molar-refractivity contribution in [2.24, 2.45) is 0 Å². The fourth-order valence-electron chi connectivity index (χ4n) is 1.49. The van der Waals surface area contributed by atoms with Gasteiger partial charge in [-0.3, -0.25) is 12.2 Å². The zero-order chi connectivity index (χ0) is 11.6. The number of rotatable bonds is 4. The van der Waals surface area contributed by atoms with Crippen molar-refractivity contribution in [1.82, 2.24) is 0 Å². The molecule has 0 spiro atoms. The van der Waals surface area contributed by atoms with Gasteiger partial charge in [0.05, 0.1) is 0 Å². The average molecular weight is 265 g/mol. The second-order valence-electron chi connectivity index (χ2n) is 3.60. The summed E-state index contributed by atoms with van der Waals surface area (Å²) < 4.78 is 0. The summed E-state index contributed by atoms with van der Waals surface area (Å²) in [4.78, 5) is 0. The molecular weight excluding hydrogens is 247 g/mol. The minimum atomic E-state index is 0. The molecule has 2 aliphatic rings. The molecule has 1 heteroatoms. The van der Waals surface area contributed by atoms with E-state index in [1.807, 2.05) is 12.2 Å². The Hall–Kier alpha value is -1.04. The van der Waals surface area contributed by atoms with Crippen LogP contribution in [0.15, 0.2) is 60.8 Å². The van der Waals surface area contributed by atoms with Crippen molar-refractivity contribution in [3.8, 4) is 0 Å². The van der Waals surface area contributed by atoms with Crippen LogP contribution in [0.4, 0.5) is 0 Å². The van der Waals surface area contributed by atoms with Crippen LogP contribution in [-0.4, -0.2) is 0 Å². The molecule has 2 aliphatic carbocycles. The van der Waals surface area contributed by atoms with E-state index in [1.54, 1.807) is 0 Å². The maximum atomic E-state index is 3.63. The second kappa shape index (κ2) is 10.1. The summed E-state index contributed by atoms with van der Waals surface area (Å²) in [6, 6.07) is 0. The first-order chi connectivity index (χ1) is 7.86. The predicted molar refractivity (Wildman–Crippen MR) is 70.7 cm³/mol. The van der Waals surface area contributed by atoms with E-state index in [-0.39, 0.29) is 17.1 Å². The van der Waals surface area contributed by atoms with Gasteiger partial charge >= 0.3 is 17.1 Å². The van der Waals surface area contributed by atoms with Crippen LogP contribution in [0.25, 0.3) is 0 Å². The van der Waals surface area contributed by atoms with Crippen molar-refractivity contribution in [2.75, 3.05) is 0 Å². The van der Waals surface area contributed by atoms with Crippen molar-refractivity contribution in [1.29, 1.82) is 0 Å². The van der Waals surface area contributed by atoms with Gasteiger partial charge in [-0.2, -0.15) is 12.2 Å². The van der Waals surface area contributed by atoms with Crippen LogP contribution < -0.4 is 0 Å². The molecule has 0 bridgehead atoms. The third-order valence-corrected chi connectivity index (χ3v) is 2.26. The Kier molecular flexibility index (Phi) is 9.51. The number of hydrogen-bond acceptors (Lipinski definition) is 0. The molecule has 0 fully saturated rings. The fourth-order valence-corrected chi connectivity index (χ4v) is 1.49. The van der Waals surface area contributed by atoms with Crippen LogP contribution in [0.5, 0.6) is 0 Å². The molecule has 1 radical (unpaired) electrons. The van der Waals surface area contributed by atoms with Gasteiger partial charge in [-0.25, -0.2) is 23.3 Å². The Morgan fingerprint density at radius 2 is 1.35 bits per heavy atom. The van der Waals surface area contributed by atoms with Crippen LogP contribution >= 0.6 is 0 Å². The molecule has 89 valence electrons. The molecule has 0 amide bonds. The van der Waals surface area contributed by atoms with Gasteiger partial charge in [0, 0.05) is 0 Å². The van der Waals surface area contributed by atoms with Gasteiger partial charge in [0.25, 0.3) is 0 Å². The Balaban J connectivity index is 0.000000284. The molecule has 0 atom stereocenters. The molecule has 0 aliphatic heterocycles. The van der Waals surface area contributed by atoms with E-state index >= 15 is 0 Å². The van der Waals surface area contributed by atoms with Crippen LogP contribution in [0.1, 0.15) is 25.7 Å². The van der Waals surface area contributed by atoms with Crippen molar-refractivity contribution < 1.29 is 17.1 Å². The van der Waals surface area contributed by atoms with E-state index in [2.05, 4.69) is 49.6 Å². The van der Waals surface area contributed by atoms with Crippen LogP contribution in [-0.2, 0) is 17.1 Å². The van der Waals surface area contributed by atoms with Gasteiger partial charge in [0.1, 0.15) is 0 Å². The molecular formula is C16H18Mn. The van der Waals surface area contributed by atoms with E-state index in [1.165, 1.54) is 11.1 Å². The maximum Gasteiger partial charge on any atom is 2.00 e. The molecule has 0 saturated heterocycles. The standard InChI is InChI=1S/2C8H9.Mn/c2*1-2-5-8-6-3-4-7-8;/h2*2-3,6H,1,4-5H2;/q2*-1;+2. The second-order valence-corrected chi connectivity index (χ2v) is 3.60. The Morgan fingerprint density at radius 1 is 0.941 bits per heavy atom. The topological polar surface area (TPSA) is 0 Å². The number of allylic oxidation sites excluding steroid dienone is 10. The van der Waals surface area contributed by atoms with Gasteiger partial charge < -0.3 is 0 Å². The summed E-state index contributed by atoms with van der Waals surface area (Å²) in [5.74, 6) is 0. The van der Waals surface area contributed by atoms with Gasteiger partial charge in [-0.1, -0.05) is 12.2 Å². The third kappa shape index (κ3) is 6.99. The molecule has 0 heterocycles. The molecule has 0 nitrogen and oxygen atoms in total. The summed E-state index contributed by atoms with van der Waals surface area (Å²) in [6.45, 7) is 7.26. The predicted octanol–water partition coefficient (Wildman–Crippen LogP) is 4.50. The largest absolute Gasteiger partial charge is 2.00 e. The van der Waals surface area contributed by atoms with Gasteiger partial charge in [-0.15, -0.1) is 26.0 Å². The van der Waals surface area contributed by atoms with Crippen molar-refractivity contribution >= 4 is 0 Å². The molecule has 0 aromatic rings. The quantitative estimate of drug-likeness (QED) is 0.399. The third-order valence-electron chi connectivity index (χ3n) is 2.26. The number of hydrogen-bond donors (Lipinski definition) is 0. The van der Waals surface area contributed by atoms with Gasteiger partial charge in [-0.05, 0) is 12.8 Å². The van der Waals surface area contributed by atoms with E-state index in [0.29, 0.717) is 0 Å². The molecule has 17 heavy (non-hydrogen) atoms. The molecule has 0 aromatic heterocycles. The summed E-state index contributed by atoms with van der Waals surface area (Å²) in [6.07, 6.45) is 22.5. The molecule has 0 saturated carbocycles. The zero-order valence-electron chi connectivity index (χ0n) is 10.1. The SMILES string of the molecule is C=CCC1=[C-]CC=C1.C=CCC1=[C-]CC=C1.[Mn+2]. The van der Waals surface area contributed by atoms with E-state index < -0.39 is 0 Å². The summed E-state index contributed by atoms with van der Waals surface area (Å²) >= 11 is 0. The van der Waals surface area contributed by atoms with Crippen molar-refractivity contribution in [3.63, 3.8) is 0 Å².